The summed E-state index contributed by atoms with van der Waals surface area (Å²) in [5, 5.41) is -0.617. The summed E-state index contributed by atoms with van der Waals surface area (Å²) in [5.74, 6) is 3.25. The maximum atomic E-state index is 14.2. The van der Waals surface area contributed by atoms with Crippen LogP contribution in [-0.4, -0.2) is 50.5 Å². The van der Waals surface area contributed by atoms with Gasteiger partial charge in [0, 0.05) is 18.7 Å². The standard InChI is InChI=1S/C34H50BNO6S/c1-11-25(2)21-30-22-29(16-19-32(30)40-10)24-36(23-28-14-17-31(39-9)18-15-28)43(37,38)27(4)26(3)13-12-20-35-41-33(5,6)34(7,8)42-35/h12,14-22,26-27H,11,13,23-24H2,1-10H3/b20-12+,25-21-/t26-,27+/m0/s1. The van der Waals surface area contributed by atoms with Gasteiger partial charge in [-0.3, -0.25) is 0 Å². The van der Waals surface area contributed by atoms with Crippen molar-refractivity contribution in [3.05, 3.63) is 76.8 Å². The Morgan fingerprint density at radius 3 is 2.09 bits per heavy atom. The third-order valence-electron chi connectivity index (χ3n) is 8.83. The van der Waals surface area contributed by atoms with Crippen LogP contribution in [0.2, 0.25) is 0 Å². The number of ether oxygens (including phenoxy) is 2. The Bertz CT molecular complexity index is 1370. The van der Waals surface area contributed by atoms with Crippen molar-refractivity contribution in [3.8, 4) is 11.5 Å². The van der Waals surface area contributed by atoms with E-state index in [9.17, 15) is 8.42 Å². The summed E-state index contributed by atoms with van der Waals surface area (Å²) in [5.41, 5.74) is 3.11. The number of sulfonamides is 1. The molecule has 0 spiro atoms. The fourth-order valence-electron chi connectivity index (χ4n) is 4.83. The molecule has 0 N–H and O–H groups in total. The van der Waals surface area contributed by atoms with Gasteiger partial charge in [0.05, 0.1) is 30.7 Å². The predicted molar refractivity (Wildman–Crippen MR) is 177 cm³/mol. The Morgan fingerprint density at radius 1 is 0.953 bits per heavy atom. The van der Waals surface area contributed by atoms with Gasteiger partial charge in [0.25, 0.3) is 0 Å². The van der Waals surface area contributed by atoms with Crippen LogP contribution < -0.4 is 9.47 Å². The molecule has 0 unspecified atom stereocenters. The molecule has 0 aromatic heterocycles. The number of nitrogens with zero attached hydrogens (tertiary/aromatic N) is 1. The summed E-state index contributed by atoms with van der Waals surface area (Å²) < 4.78 is 53.0. The maximum Gasteiger partial charge on any atom is 0.486 e. The van der Waals surface area contributed by atoms with Crippen molar-refractivity contribution in [2.24, 2.45) is 5.92 Å². The van der Waals surface area contributed by atoms with Crippen molar-refractivity contribution in [2.45, 2.75) is 97.8 Å². The van der Waals surface area contributed by atoms with Crippen LogP contribution in [0.25, 0.3) is 6.08 Å². The molecule has 2 aromatic carbocycles. The second kappa shape index (κ2) is 14.5. The maximum absolute atomic E-state index is 14.2. The molecular formula is C34H50BNO6S. The lowest BCUT2D eigenvalue weighted by Crippen LogP contribution is -2.41. The Hall–Kier alpha value is -2.59. The van der Waals surface area contributed by atoms with E-state index in [4.69, 9.17) is 18.8 Å². The molecule has 9 heteroatoms. The minimum atomic E-state index is -3.70. The molecule has 2 atom stereocenters. The molecule has 7 nitrogen and oxygen atoms in total. The largest absolute Gasteiger partial charge is 0.497 e. The Labute approximate surface area is 260 Å². The summed E-state index contributed by atoms with van der Waals surface area (Å²) >= 11 is 0. The van der Waals surface area contributed by atoms with Crippen LogP contribution in [0.1, 0.15) is 84.9 Å². The first kappa shape index (κ1) is 34.9. The van der Waals surface area contributed by atoms with Crippen LogP contribution in [-0.2, 0) is 32.4 Å². The fourth-order valence-corrected chi connectivity index (χ4v) is 6.65. The SMILES string of the molecule is CC/C(C)=C\c1cc(CN(Cc2ccc(OC)cc2)S(=O)(=O)[C@H](C)[C@@H](C)C/C=C/B2OC(C)(C)C(C)(C)O2)ccc1OC. The molecule has 2 aromatic rings. The number of methoxy groups -OCH3 is 2. The Balaban J connectivity index is 1.86. The molecule has 1 aliphatic heterocycles. The highest BCUT2D eigenvalue weighted by Crippen LogP contribution is 2.37. The normalized spacial score (nSPS) is 18.3. The third-order valence-corrected chi connectivity index (χ3v) is 11.2. The van der Waals surface area contributed by atoms with E-state index in [1.54, 1.807) is 25.4 Å². The molecule has 0 bridgehead atoms. The Kier molecular flexibility index (Phi) is 11.7. The van der Waals surface area contributed by atoms with E-state index in [0.29, 0.717) is 6.42 Å². The van der Waals surface area contributed by atoms with E-state index in [1.807, 2.05) is 89.1 Å². The van der Waals surface area contributed by atoms with E-state index in [2.05, 4.69) is 19.9 Å². The van der Waals surface area contributed by atoms with E-state index in [0.717, 1.165) is 34.6 Å². The number of hydrogen-bond donors (Lipinski definition) is 0. The second-order valence-corrected chi connectivity index (χ2v) is 14.8. The summed E-state index contributed by atoms with van der Waals surface area (Å²) in [6.07, 6.45) is 5.57. The van der Waals surface area contributed by atoms with Gasteiger partial charge in [-0.1, -0.05) is 55.7 Å². The third kappa shape index (κ3) is 8.75. The average molecular weight is 612 g/mol. The van der Waals surface area contributed by atoms with Gasteiger partial charge in [-0.25, -0.2) is 8.42 Å². The van der Waals surface area contributed by atoms with E-state index < -0.39 is 33.6 Å². The number of benzene rings is 2. The van der Waals surface area contributed by atoms with E-state index in [-0.39, 0.29) is 19.0 Å². The minimum Gasteiger partial charge on any atom is -0.497 e. The van der Waals surface area contributed by atoms with Crippen molar-refractivity contribution >= 4 is 23.2 Å². The zero-order chi connectivity index (χ0) is 32.0. The summed E-state index contributed by atoms with van der Waals surface area (Å²) in [6, 6.07) is 13.4. The van der Waals surface area contributed by atoms with Gasteiger partial charge >= 0.3 is 7.12 Å². The van der Waals surface area contributed by atoms with Crippen molar-refractivity contribution in [1.82, 2.24) is 4.31 Å². The Morgan fingerprint density at radius 2 is 1.53 bits per heavy atom. The highest BCUT2D eigenvalue weighted by atomic mass is 32.2. The fraction of sp³-hybridized carbons (Fsp3) is 0.529. The average Bonchev–Trinajstić information content (AvgIpc) is 3.17. The lowest BCUT2D eigenvalue weighted by molar-refractivity contribution is 0.00578. The van der Waals surface area contributed by atoms with E-state index in [1.165, 1.54) is 5.57 Å². The molecule has 0 aliphatic carbocycles. The number of allylic oxidation sites excluding steroid dienone is 2. The molecular weight excluding hydrogens is 561 g/mol. The molecule has 236 valence electrons. The molecule has 0 amide bonds. The number of hydrogen-bond acceptors (Lipinski definition) is 6. The van der Waals surface area contributed by atoms with Crippen LogP contribution in [0.4, 0.5) is 0 Å². The predicted octanol–water partition coefficient (Wildman–Crippen LogP) is 7.45. The van der Waals surface area contributed by atoms with Crippen LogP contribution in [0.5, 0.6) is 11.5 Å². The topological polar surface area (TPSA) is 74.3 Å². The molecule has 1 fully saturated rings. The second-order valence-electron chi connectivity index (χ2n) is 12.6. The van der Waals surface area contributed by atoms with Crippen LogP contribution in [0.3, 0.4) is 0 Å². The van der Waals surface area contributed by atoms with Crippen molar-refractivity contribution in [1.29, 1.82) is 0 Å². The van der Waals surface area contributed by atoms with E-state index >= 15 is 0 Å². The van der Waals surface area contributed by atoms with Crippen LogP contribution in [0, 0.1) is 5.92 Å². The van der Waals surface area contributed by atoms with Crippen LogP contribution in [0.15, 0.2) is 60.1 Å². The van der Waals surface area contributed by atoms with Gasteiger partial charge in [0.2, 0.25) is 10.0 Å². The van der Waals surface area contributed by atoms with Gasteiger partial charge in [0.1, 0.15) is 11.5 Å². The van der Waals surface area contributed by atoms with Gasteiger partial charge in [0.15, 0.2) is 0 Å². The summed E-state index contributed by atoms with van der Waals surface area (Å²) in [4.78, 5) is 0. The molecule has 1 saturated heterocycles. The number of rotatable bonds is 14. The van der Waals surface area contributed by atoms with Gasteiger partial charge in [-0.2, -0.15) is 4.31 Å². The van der Waals surface area contributed by atoms with Crippen LogP contribution >= 0.6 is 0 Å². The smallest absolute Gasteiger partial charge is 0.486 e. The van der Waals surface area contributed by atoms with Crippen molar-refractivity contribution < 1.29 is 27.2 Å². The van der Waals surface area contributed by atoms with Crippen molar-refractivity contribution in [3.63, 3.8) is 0 Å². The molecule has 1 heterocycles. The highest BCUT2D eigenvalue weighted by Gasteiger charge is 2.50. The lowest BCUT2D eigenvalue weighted by atomic mass is 9.88. The zero-order valence-corrected chi connectivity index (χ0v) is 28.5. The van der Waals surface area contributed by atoms with Gasteiger partial charge < -0.3 is 18.8 Å². The zero-order valence-electron chi connectivity index (χ0n) is 27.6. The minimum absolute atomic E-state index is 0.136. The first-order valence-electron chi connectivity index (χ1n) is 15.1. The molecule has 3 rings (SSSR count). The summed E-state index contributed by atoms with van der Waals surface area (Å²) in [7, 11) is -0.881. The highest BCUT2D eigenvalue weighted by molar-refractivity contribution is 7.89. The van der Waals surface area contributed by atoms with Gasteiger partial charge in [-0.05, 0) is 95.7 Å². The monoisotopic (exact) mass is 611 g/mol. The first-order chi connectivity index (χ1) is 20.1. The molecule has 0 radical (unpaired) electrons. The van der Waals surface area contributed by atoms with Gasteiger partial charge in [-0.15, -0.1) is 0 Å². The molecule has 1 aliphatic rings. The molecule has 43 heavy (non-hydrogen) atoms. The molecule has 0 saturated carbocycles. The summed E-state index contributed by atoms with van der Waals surface area (Å²) in [6.45, 7) is 16.5. The lowest BCUT2D eigenvalue weighted by Gasteiger charge is -2.32. The van der Waals surface area contributed by atoms with Crippen molar-refractivity contribution in [2.75, 3.05) is 14.2 Å². The first-order valence-corrected chi connectivity index (χ1v) is 16.6. The quantitative estimate of drug-likeness (QED) is 0.207.